The molecule has 2 aliphatic rings. The van der Waals surface area contributed by atoms with Gasteiger partial charge in [0.25, 0.3) is 0 Å². The summed E-state index contributed by atoms with van der Waals surface area (Å²) in [7, 11) is 3.97. The van der Waals surface area contributed by atoms with Gasteiger partial charge < -0.3 is 19.3 Å². The zero-order valence-electron chi connectivity index (χ0n) is 22.2. The highest BCUT2D eigenvalue weighted by Crippen LogP contribution is 2.30. The number of piperidine rings is 2. The Morgan fingerprint density at radius 1 is 0.632 bits per heavy atom. The van der Waals surface area contributed by atoms with Gasteiger partial charge in [0.15, 0.2) is 0 Å². The first kappa shape index (κ1) is 28.7. The van der Waals surface area contributed by atoms with Crippen LogP contribution in [0.25, 0.3) is 0 Å². The Kier molecular flexibility index (Phi) is 12.0. The van der Waals surface area contributed by atoms with Crippen molar-refractivity contribution < 1.29 is 19.1 Å². The molecular weight excluding hydrogens is 516 g/mol. The largest absolute Gasteiger partial charge is 0.445 e. The van der Waals surface area contributed by atoms with Crippen LogP contribution in [0.15, 0.2) is 60.7 Å². The van der Waals surface area contributed by atoms with Gasteiger partial charge in [-0.1, -0.05) is 82.3 Å². The van der Waals surface area contributed by atoms with Gasteiger partial charge in [0.2, 0.25) is 0 Å². The molecule has 0 aliphatic carbocycles. The van der Waals surface area contributed by atoms with Crippen molar-refractivity contribution in [2.75, 3.05) is 37.7 Å². The van der Waals surface area contributed by atoms with Gasteiger partial charge in [-0.15, -0.1) is 0 Å². The van der Waals surface area contributed by atoms with Crippen LogP contribution in [0.4, 0.5) is 9.59 Å². The average Bonchev–Trinajstić information content (AvgIpc) is 2.98. The molecule has 2 amide bonds. The number of hydrogen-bond donors (Lipinski definition) is 0. The van der Waals surface area contributed by atoms with E-state index in [1.54, 1.807) is 0 Å². The number of hydrogen-bond acceptors (Lipinski definition) is 6. The monoisotopic (exact) mass is 556 g/mol. The molecule has 8 heteroatoms. The number of carbonyl (C=O) groups is 2. The molecule has 6 nitrogen and oxygen atoms in total. The van der Waals surface area contributed by atoms with Crippen molar-refractivity contribution in [2.45, 2.75) is 51.7 Å². The molecule has 2 aliphatic heterocycles. The van der Waals surface area contributed by atoms with Crippen molar-refractivity contribution >= 4 is 33.8 Å². The van der Waals surface area contributed by atoms with E-state index >= 15 is 0 Å². The van der Waals surface area contributed by atoms with E-state index in [4.69, 9.17) is 9.47 Å². The van der Waals surface area contributed by atoms with Crippen LogP contribution in [0.5, 0.6) is 0 Å². The van der Waals surface area contributed by atoms with Crippen LogP contribution >= 0.6 is 21.6 Å². The number of nitrogens with zero attached hydrogens (tertiary/aromatic N) is 2. The van der Waals surface area contributed by atoms with Crippen LogP contribution in [0.1, 0.15) is 49.7 Å². The zero-order chi connectivity index (χ0) is 26.4. The molecule has 0 N–H and O–H groups in total. The highest BCUT2D eigenvalue weighted by atomic mass is 33.1. The van der Waals surface area contributed by atoms with E-state index < -0.39 is 0 Å². The molecule has 0 unspecified atom stereocenters. The second kappa shape index (κ2) is 15.9. The summed E-state index contributed by atoms with van der Waals surface area (Å²) in [5, 5.41) is 0. The zero-order valence-corrected chi connectivity index (χ0v) is 23.8. The first-order valence-corrected chi connectivity index (χ1v) is 16.3. The predicted octanol–water partition coefficient (Wildman–Crippen LogP) is 7.25. The Balaban J connectivity index is 0.981. The summed E-state index contributed by atoms with van der Waals surface area (Å²) < 4.78 is 11.0. The molecule has 2 aromatic carbocycles. The molecule has 2 heterocycles. The lowest BCUT2D eigenvalue weighted by Gasteiger charge is -2.31. The second-order valence-corrected chi connectivity index (χ2v) is 12.9. The van der Waals surface area contributed by atoms with Gasteiger partial charge in [0.1, 0.15) is 13.2 Å². The Bertz CT molecular complexity index is 883. The smallest absolute Gasteiger partial charge is 0.410 e. The van der Waals surface area contributed by atoms with E-state index in [0.717, 1.165) is 63.0 Å². The highest BCUT2D eigenvalue weighted by Gasteiger charge is 2.25. The maximum atomic E-state index is 12.3. The standard InChI is InChI=1S/C30H40N2O4S2/c33-29(35-23-27-7-3-1-4-8-27)31-17-11-25(12-18-31)15-21-37-38-22-16-26-13-19-32(20-14-26)30(34)36-24-28-9-5-2-6-10-28/h1-10,25-26H,11-24H2. The van der Waals surface area contributed by atoms with Crippen molar-refractivity contribution in [3.63, 3.8) is 0 Å². The molecule has 0 radical (unpaired) electrons. The summed E-state index contributed by atoms with van der Waals surface area (Å²) in [6.07, 6.45) is 6.33. The van der Waals surface area contributed by atoms with Crippen LogP contribution in [-0.2, 0) is 22.7 Å². The molecule has 4 rings (SSSR count). The lowest BCUT2D eigenvalue weighted by atomic mass is 9.95. The van der Waals surface area contributed by atoms with Crippen LogP contribution in [0.2, 0.25) is 0 Å². The fourth-order valence-electron chi connectivity index (χ4n) is 4.98. The van der Waals surface area contributed by atoms with E-state index in [1.807, 2.05) is 92.1 Å². The molecule has 0 spiro atoms. The summed E-state index contributed by atoms with van der Waals surface area (Å²) in [6, 6.07) is 19.7. The fourth-order valence-corrected chi connectivity index (χ4v) is 7.36. The molecule has 38 heavy (non-hydrogen) atoms. The Labute approximate surface area is 235 Å². The number of ether oxygens (including phenoxy) is 2. The summed E-state index contributed by atoms with van der Waals surface area (Å²) in [5.74, 6) is 3.73. The average molecular weight is 557 g/mol. The van der Waals surface area contributed by atoms with Crippen LogP contribution in [-0.4, -0.2) is 59.7 Å². The van der Waals surface area contributed by atoms with Crippen molar-refractivity contribution in [1.82, 2.24) is 9.80 Å². The number of rotatable bonds is 11. The minimum Gasteiger partial charge on any atom is -0.445 e. The number of likely N-dealkylation sites (tertiary alicyclic amines) is 2. The van der Waals surface area contributed by atoms with Gasteiger partial charge in [-0.2, -0.15) is 0 Å². The first-order chi connectivity index (χ1) is 18.7. The Morgan fingerprint density at radius 2 is 1.00 bits per heavy atom. The van der Waals surface area contributed by atoms with Crippen LogP contribution in [0.3, 0.4) is 0 Å². The third kappa shape index (κ3) is 9.77. The third-order valence-electron chi connectivity index (χ3n) is 7.46. The number of benzene rings is 2. The highest BCUT2D eigenvalue weighted by molar-refractivity contribution is 8.76. The summed E-state index contributed by atoms with van der Waals surface area (Å²) in [5.41, 5.74) is 2.05. The maximum absolute atomic E-state index is 12.3. The minimum absolute atomic E-state index is 0.188. The molecule has 0 aromatic heterocycles. The van der Waals surface area contributed by atoms with E-state index in [-0.39, 0.29) is 12.2 Å². The molecule has 0 bridgehead atoms. The topological polar surface area (TPSA) is 59.1 Å². The van der Waals surface area contributed by atoms with E-state index in [0.29, 0.717) is 25.0 Å². The quantitative estimate of drug-likeness (QED) is 0.215. The molecule has 2 aromatic rings. The normalized spacial score (nSPS) is 16.8. The van der Waals surface area contributed by atoms with E-state index in [2.05, 4.69) is 0 Å². The lowest BCUT2D eigenvalue weighted by molar-refractivity contribution is 0.0814. The SMILES string of the molecule is O=C(OCc1ccccc1)N1CCC(CCSSCCC2CCN(C(=O)OCc3ccccc3)CC2)CC1. The van der Waals surface area contributed by atoms with Crippen LogP contribution < -0.4 is 0 Å². The molecular formula is C30H40N2O4S2. The van der Waals surface area contributed by atoms with Gasteiger partial charge in [-0.05, 0) is 61.5 Å². The van der Waals surface area contributed by atoms with Gasteiger partial charge >= 0.3 is 12.2 Å². The lowest BCUT2D eigenvalue weighted by Crippen LogP contribution is -2.38. The van der Waals surface area contributed by atoms with Gasteiger partial charge in [-0.25, -0.2) is 9.59 Å². The van der Waals surface area contributed by atoms with E-state index in [1.165, 1.54) is 24.3 Å². The predicted molar refractivity (Wildman–Crippen MR) is 156 cm³/mol. The summed E-state index contributed by atoms with van der Waals surface area (Å²) in [6.45, 7) is 3.88. The molecule has 0 saturated carbocycles. The maximum Gasteiger partial charge on any atom is 0.410 e. The Morgan fingerprint density at radius 3 is 1.37 bits per heavy atom. The van der Waals surface area contributed by atoms with E-state index in [9.17, 15) is 9.59 Å². The third-order valence-corrected chi connectivity index (χ3v) is 9.93. The van der Waals surface area contributed by atoms with Crippen molar-refractivity contribution in [1.29, 1.82) is 0 Å². The van der Waals surface area contributed by atoms with Gasteiger partial charge in [-0.3, -0.25) is 0 Å². The van der Waals surface area contributed by atoms with Gasteiger partial charge in [0.05, 0.1) is 0 Å². The second-order valence-electron chi connectivity index (χ2n) is 10.2. The van der Waals surface area contributed by atoms with Crippen molar-refractivity contribution in [2.24, 2.45) is 11.8 Å². The minimum atomic E-state index is -0.188. The molecule has 2 saturated heterocycles. The molecule has 0 atom stereocenters. The van der Waals surface area contributed by atoms with Crippen molar-refractivity contribution in [3.05, 3.63) is 71.8 Å². The molecule has 2 fully saturated rings. The van der Waals surface area contributed by atoms with Crippen LogP contribution in [0, 0.1) is 11.8 Å². The summed E-state index contributed by atoms with van der Waals surface area (Å²) >= 11 is 0. The first-order valence-electron chi connectivity index (χ1n) is 13.8. The van der Waals surface area contributed by atoms with Crippen molar-refractivity contribution in [3.8, 4) is 0 Å². The molecule has 206 valence electrons. The number of carbonyl (C=O) groups excluding carboxylic acids is 2. The fraction of sp³-hybridized carbons (Fsp3) is 0.533. The Hall–Kier alpha value is -2.32. The summed E-state index contributed by atoms with van der Waals surface area (Å²) in [4.78, 5) is 28.4. The van der Waals surface area contributed by atoms with Gasteiger partial charge in [0, 0.05) is 37.7 Å². The number of amides is 2.